The Kier molecular flexibility index (Phi) is 3.41. The Morgan fingerprint density at radius 3 is 2.79 bits per heavy atom. The molecule has 2 atom stereocenters. The minimum Gasteiger partial charge on any atom is -0.318 e. The highest BCUT2D eigenvalue weighted by Gasteiger charge is 2.45. The van der Waals surface area contributed by atoms with Gasteiger partial charge in [-0.25, -0.2) is 0 Å². The third-order valence-corrected chi connectivity index (χ3v) is 2.66. The molecular weight excluding hydrogens is 180 g/mol. The predicted molar refractivity (Wildman–Crippen MR) is 55.5 cm³/mol. The first-order chi connectivity index (χ1) is 6.63. The Morgan fingerprint density at radius 1 is 1.57 bits per heavy atom. The molecule has 0 aromatic rings. The lowest BCUT2D eigenvalue weighted by Gasteiger charge is -2.27. The average molecular weight is 196 g/mol. The second-order valence-electron chi connectivity index (χ2n) is 3.62. The number of allylic oxidation sites excluding steroid dienone is 2. The smallest absolute Gasteiger partial charge is 0.258 e. The van der Waals surface area contributed by atoms with Crippen LogP contribution in [0.1, 0.15) is 26.2 Å². The van der Waals surface area contributed by atoms with Crippen molar-refractivity contribution < 1.29 is 4.92 Å². The van der Waals surface area contributed by atoms with E-state index >= 15 is 0 Å². The van der Waals surface area contributed by atoms with Crippen LogP contribution in [0.15, 0.2) is 24.3 Å². The van der Waals surface area contributed by atoms with E-state index in [2.05, 4.69) is 0 Å². The van der Waals surface area contributed by atoms with E-state index in [0.29, 0.717) is 6.42 Å². The average Bonchev–Trinajstić information content (AvgIpc) is 2.16. The van der Waals surface area contributed by atoms with E-state index in [9.17, 15) is 10.1 Å². The fourth-order valence-corrected chi connectivity index (χ4v) is 1.67. The molecule has 4 nitrogen and oxygen atoms in total. The quantitative estimate of drug-likeness (QED) is 0.549. The van der Waals surface area contributed by atoms with E-state index in [4.69, 9.17) is 5.73 Å². The van der Waals surface area contributed by atoms with E-state index in [1.54, 1.807) is 24.3 Å². The van der Waals surface area contributed by atoms with E-state index in [-0.39, 0.29) is 4.92 Å². The van der Waals surface area contributed by atoms with Crippen LogP contribution in [0, 0.1) is 10.1 Å². The van der Waals surface area contributed by atoms with E-state index in [1.807, 2.05) is 6.92 Å². The van der Waals surface area contributed by atoms with Crippen molar-refractivity contribution in [1.29, 1.82) is 0 Å². The number of nitrogens with zero attached hydrogens (tertiary/aromatic N) is 1. The highest BCUT2D eigenvalue weighted by atomic mass is 16.6. The minimum absolute atomic E-state index is 0.257. The van der Waals surface area contributed by atoms with Gasteiger partial charge in [-0.05, 0) is 12.5 Å². The van der Waals surface area contributed by atoms with E-state index in [0.717, 1.165) is 12.8 Å². The minimum atomic E-state index is -1.08. The van der Waals surface area contributed by atoms with Crippen LogP contribution in [-0.4, -0.2) is 16.5 Å². The summed E-state index contributed by atoms with van der Waals surface area (Å²) in [4.78, 5) is 10.8. The number of rotatable bonds is 4. The lowest BCUT2D eigenvalue weighted by Crippen LogP contribution is -2.52. The fraction of sp³-hybridized carbons (Fsp3) is 0.600. The molecule has 1 aliphatic rings. The SMILES string of the molecule is CCCCC1([N+](=O)[O-])C=CC=CC1N. The van der Waals surface area contributed by atoms with Crippen molar-refractivity contribution in [2.75, 3.05) is 0 Å². The van der Waals surface area contributed by atoms with Crippen molar-refractivity contribution in [2.24, 2.45) is 5.73 Å². The molecule has 78 valence electrons. The molecule has 1 aliphatic carbocycles. The molecule has 0 aromatic heterocycles. The second kappa shape index (κ2) is 4.37. The van der Waals surface area contributed by atoms with Crippen molar-refractivity contribution in [1.82, 2.24) is 0 Å². The summed E-state index contributed by atoms with van der Waals surface area (Å²) in [5, 5.41) is 11.0. The molecule has 0 fully saturated rings. The zero-order valence-corrected chi connectivity index (χ0v) is 8.35. The monoisotopic (exact) mass is 196 g/mol. The molecule has 0 radical (unpaired) electrons. The van der Waals surface area contributed by atoms with E-state index in [1.165, 1.54) is 0 Å². The van der Waals surface area contributed by atoms with Gasteiger partial charge in [0.05, 0.1) is 6.04 Å². The van der Waals surface area contributed by atoms with Gasteiger partial charge in [-0.15, -0.1) is 0 Å². The normalized spacial score (nSPS) is 30.6. The van der Waals surface area contributed by atoms with Gasteiger partial charge in [0.25, 0.3) is 5.54 Å². The van der Waals surface area contributed by atoms with Crippen LogP contribution in [0.3, 0.4) is 0 Å². The molecule has 2 unspecified atom stereocenters. The third kappa shape index (κ3) is 1.85. The van der Waals surface area contributed by atoms with E-state index < -0.39 is 11.6 Å². The Labute approximate surface area is 83.6 Å². The topological polar surface area (TPSA) is 69.2 Å². The maximum absolute atomic E-state index is 11.0. The van der Waals surface area contributed by atoms with Crippen molar-refractivity contribution in [3.05, 3.63) is 34.4 Å². The summed E-state index contributed by atoms with van der Waals surface area (Å²) in [7, 11) is 0. The van der Waals surface area contributed by atoms with Crippen LogP contribution in [0.5, 0.6) is 0 Å². The number of nitrogens with two attached hydrogens (primary N) is 1. The Bertz CT molecular complexity index is 273. The van der Waals surface area contributed by atoms with Gasteiger partial charge in [0, 0.05) is 11.3 Å². The molecule has 4 heteroatoms. The lowest BCUT2D eigenvalue weighted by molar-refractivity contribution is -0.558. The molecule has 0 amide bonds. The zero-order valence-electron chi connectivity index (χ0n) is 8.35. The molecule has 0 bridgehead atoms. The molecule has 0 saturated heterocycles. The highest BCUT2D eigenvalue weighted by Crippen LogP contribution is 2.26. The van der Waals surface area contributed by atoms with Gasteiger partial charge < -0.3 is 5.73 Å². The largest absolute Gasteiger partial charge is 0.318 e. The van der Waals surface area contributed by atoms with Gasteiger partial charge in [-0.2, -0.15) is 0 Å². The summed E-state index contributed by atoms with van der Waals surface area (Å²) in [5.74, 6) is 0. The molecule has 0 heterocycles. The van der Waals surface area contributed by atoms with Crippen molar-refractivity contribution in [3.8, 4) is 0 Å². The summed E-state index contributed by atoms with van der Waals surface area (Å²) in [6, 6.07) is -0.506. The van der Waals surface area contributed by atoms with Gasteiger partial charge in [0.2, 0.25) is 0 Å². The second-order valence-corrected chi connectivity index (χ2v) is 3.62. The van der Waals surface area contributed by atoms with Crippen LogP contribution in [-0.2, 0) is 0 Å². The van der Waals surface area contributed by atoms with Gasteiger partial charge in [0.1, 0.15) is 0 Å². The summed E-state index contributed by atoms with van der Waals surface area (Å²) in [6.45, 7) is 2.02. The van der Waals surface area contributed by atoms with Gasteiger partial charge in [-0.1, -0.05) is 31.6 Å². The Balaban J connectivity index is 2.86. The molecule has 0 aromatic carbocycles. The molecule has 0 saturated carbocycles. The number of hydrogen-bond acceptors (Lipinski definition) is 3. The van der Waals surface area contributed by atoms with Gasteiger partial charge in [-0.3, -0.25) is 10.1 Å². The predicted octanol–water partition coefficient (Wildman–Crippen LogP) is 1.65. The first-order valence-electron chi connectivity index (χ1n) is 4.89. The zero-order chi connectivity index (χ0) is 10.6. The molecule has 14 heavy (non-hydrogen) atoms. The molecule has 0 aliphatic heterocycles. The summed E-state index contributed by atoms with van der Waals surface area (Å²) in [5.41, 5.74) is 4.70. The maximum Gasteiger partial charge on any atom is 0.258 e. The molecule has 0 spiro atoms. The van der Waals surface area contributed by atoms with Crippen LogP contribution in [0.4, 0.5) is 0 Å². The fourth-order valence-electron chi connectivity index (χ4n) is 1.67. The number of hydrogen-bond donors (Lipinski definition) is 1. The van der Waals surface area contributed by atoms with Gasteiger partial charge in [0.15, 0.2) is 0 Å². The maximum atomic E-state index is 11.0. The number of nitro groups is 1. The first kappa shape index (κ1) is 10.9. The third-order valence-electron chi connectivity index (χ3n) is 2.66. The standard InChI is InChI=1S/C10H16N2O2/c1-2-3-7-10(12(13)14)8-5-4-6-9(10)11/h4-6,8-9H,2-3,7,11H2,1H3. The highest BCUT2D eigenvalue weighted by molar-refractivity contribution is 5.24. The van der Waals surface area contributed by atoms with Crippen LogP contribution in [0.25, 0.3) is 0 Å². The van der Waals surface area contributed by atoms with Crippen LogP contribution >= 0.6 is 0 Å². The summed E-state index contributed by atoms with van der Waals surface area (Å²) >= 11 is 0. The molecule has 2 N–H and O–H groups in total. The Hall–Kier alpha value is -1.16. The molecular formula is C10H16N2O2. The van der Waals surface area contributed by atoms with Gasteiger partial charge >= 0.3 is 0 Å². The summed E-state index contributed by atoms with van der Waals surface area (Å²) in [6.07, 6.45) is 9.07. The summed E-state index contributed by atoms with van der Waals surface area (Å²) < 4.78 is 0. The van der Waals surface area contributed by atoms with Crippen LogP contribution in [0.2, 0.25) is 0 Å². The first-order valence-corrected chi connectivity index (χ1v) is 4.89. The van der Waals surface area contributed by atoms with Crippen molar-refractivity contribution in [3.63, 3.8) is 0 Å². The van der Waals surface area contributed by atoms with Crippen molar-refractivity contribution >= 4 is 0 Å². The molecule has 1 rings (SSSR count). The number of unbranched alkanes of at least 4 members (excludes halogenated alkanes) is 1. The van der Waals surface area contributed by atoms with Crippen molar-refractivity contribution in [2.45, 2.75) is 37.8 Å². The lowest BCUT2D eigenvalue weighted by atomic mass is 9.83. The Morgan fingerprint density at radius 2 is 2.29 bits per heavy atom. The van der Waals surface area contributed by atoms with Crippen LogP contribution < -0.4 is 5.73 Å².